The first-order chi connectivity index (χ1) is 16.2. The Kier molecular flexibility index (Phi) is 8.35. The average molecular weight is 468 g/mol. The van der Waals surface area contributed by atoms with E-state index >= 15 is 0 Å². The van der Waals surface area contributed by atoms with Crippen molar-refractivity contribution in [2.24, 2.45) is 0 Å². The van der Waals surface area contributed by atoms with Gasteiger partial charge in [0.25, 0.3) is 5.60 Å². The van der Waals surface area contributed by atoms with Gasteiger partial charge < -0.3 is 33.9 Å². The summed E-state index contributed by atoms with van der Waals surface area (Å²) in [6.45, 7) is 0. The monoisotopic (exact) mass is 468 g/mol. The second-order valence-corrected chi connectivity index (χ2v) is 6.38. The number of carbonyl (C=O) groups is 3. The average Bonchev–Trinajstić information content (AvgIpc) is 2.84. The first-order valence-electron chi connectivity index (χ1n) is 9.38. The van der Waals surface area contributed by atoms with Gasteiger partial charge in [-0.1, -0.05) is 0 Å². The standard InChI is InChI=1S/C24H20O10/c1-30-17-9-15(10-18(13-17)31-2)23(29)34-24(7-5-21(25)26,8-6-22(27)28)16-11-19(32-3)14-20(12-16)33-4/h9-14H,1-4H3,(H,25,26)(H,27,28). The van der Waals surface area contributed by atoms with E-state index in [1.54, 1.807) is 0 Å². The molecule has 2 aromatic carbocycles. The quantitative estimate of drug-likeness (QED) is 0.458. The summed E-state index contributed by atoms with van der Waals surface area (Å²) >= 11 is 0. The van der Waals surface area contributed by atoms with Gasteiger partial charge in [-0.2, -0.15) is 0 Å². The van der Waals surface area contributed by atoms with Crippen LogP contribution in [0.3, 0.4) is 0 Å². The maximum Gasteiger partial charge on any atom is 0.382 e. The van der Waals surface area contributed by atoms with E-state index in [2.05, 4.69) is 11.8 Å². The highest BCUT2D eigenvalue weighted by Crippen LogP contribution is 2.34. The van der Waals surface area contributed by atoms with Crippen LogP contribution in [0.25, 0.3) is 0 Å². The molecule has 2 N–H and O–H groups in total. The lowest BCUT2D eigenvalue weighted by Crippen LogP contribution is -2.30. The topological polar surface area (TPSA) is 138 Å². The first kappa shape index (κ1) is 25.4. The fourth-order valence-electron chi connectivity index (χ4n) is 2.70. The Hall–Kier alpha value is -4.83. The highest BCUT2D eigenvalue weighted by molar-refractivity contribution is 5.93. The fraction of sp³-hybridized carbons (Fsp3) is 0.208. The lowest BCUT2D eigenvalue weighted by molar-refractivity contribution is -0.131. The molecule has 2 rings (SSSR count). The van der Waals surface area contributed by atoms with Crippen molar-refractivity contribution in [3.05, 3.63) is 47.5 Å². The van der Waals surface area contributed by atoms with Crippen LogP contribution in [0.4, 0.5) is 0 Å². The Morgan fingerprint density at radius 3 is 1.41 bits per heavy atom. The summed E-state index contributed by atoms with van der Waals surface area (Å²) in [7, 11) is 5.49. The predicted molar refractivity (Wildman–Crippen MR) is 117 cm³/mol. The summed E-state index contributed by atoms with van der Waals surface area (Å²) in [5.41, 5.74) is -2.38. The molecular weight excluding hydrogens is 448 g/mol. The minimum Gasteiger partial charge on any atom is -0.497 e. The van der Waals surface area contributed by atoms with E-state index in [9.17, 15) is 14.4 Å². The van der Waals surface area contributed by atoms with Gasteiger partial charge in [0, 0.05) is 29.5 Å². The van der Waals surface area contributed by atoms with Crippen molar-refractivity contribution in [3.8, 4) is 46.7 Å². The molecule has 0 atom stereocenters. The van der Waals surface area contributed by atoms with Crippen LogP contribution in [-0.4, -0.2) is 56.6 Å². The molecule has 0 saturated heterocycles. The third kappa shape index (κ3) is 6.34. The highest BCUT2D eigenvalue weighted by atomic mass is 16.6. The van der Waals surface area contributed by atoms with E-state index < -0.39 is 23.5 Å². The first-order valence-corrected chi connectivity index (χ1v) is 9.38. The number of rotatable bonds is 7. The molecule has 34 heavy (non-hydrogen) atoms. The van der Waals surface area contributed by atoms with E-state index in [0.29, 0.717) is 0 Å². The van der Waals surface area contributed by atoms with Crippen molar-refractivity contribution in [1.29, 1.82) is 0 Å². The molecule has 0 saturated carbocycles. The lowest BCUT2D eigenvalue weighted by atomic mass is 9.93. The molecular formula is C24H20O10. The summed E-state index contributed by atoms with van der Waals surface area (Å²) in [4.78, 5) is 35.6. The van der Waals surface area contributed by atoms with Crippen molar-refractivity contribution in [2.75, 3.05) is 28.4 Å². The van der Waals surface area contributed by atoms with Gasteiger partial charge >= 0.3 is 17.9 Å². The van der Waals surface area contributed by atoms with Gasteiger partial charge in [0.1, 0.15) is 23.0 Å². The molecule has 176 valence electrons. The molecule has 0 fully saturated rings. The Balaban J connectivity index is 2.79. The van der Waals surface area contributed by atoms with Gasteiger partial charge in [-0.05, 0) is 36.1 Å². The predicted octanol–water partition coefficient (Wildman–Crippen LogP) is 1.95. The minimum atomic E-state index is -2.33. The van der Waals surface area contributed by atoms with Gasteiger partial charge in [0.15, 0.2) is 0 Å². The van der Waals surface area contributed by atoms with Crippen LogP contribution in [0, 0.1) is 23.7 Å². The summed E-state index contributed by atoms with van der Waals surface area (Å²) in [5.74, 6) is 5.09. The summed E-state index contributed by atoms with van der Waals surface area (Å²) < 4.78 is 26.3. The zero-order valence-electron chi connectivity index (χ0n) is 18.6. The van der Waals surface area contributed by atoms with Crippen LogP contribution in [0.15, 0.2) is 36.4 Å². The Morgan fingerprint density at radius 2 is 1.06 bits per heavy atom. The number of carbonyl (C=O) groups excluding carboxylic acids is 1. The van der Waals surface area contributed by atoms with Crippen molar-refractivity contribution < 1.29 is 48.3 Å². The van der Waals surface area contributed by atoms with E-state index in [-0.39, 0.29) is 34.1 Å². The molecule has 0 aliphatic carbocycles. The number of carboxylic acids is 2. The van der Waals surface area contributed by atoms with Crippen LogP contribution in [0.5, 0.6) is 23.0 Å². The lowest BCUT2D eigenvalue weighted by Gasteiger charge is -2.24. The Morgan fingerprint density at radius 1 is 0.676 bits per heavy atom. The van der Waals surface area contributed by atoms with E-state index in [0.717, 1.165) is 0 Å². The maximum absolute atomic E-state index is 13.1. The molecule has 0 bridgehead atoms. The van der Waals surface area contributed by atoms with Crippen LogP contribution < -0.4 is 18.9 Å². The van der Waals surface area contributed by atoms with E-state index in [4.69, 9.17) is 33.9 Å². The maximum atomic E-state index is 13.1. The Bertz CT molecular complexity index is 1150. The summed E-state index contributed by atoms with van der Waals surface area (Å²) in [6, 6.07) is 8.42. The largest absolute Gasteiger partial charge is 0.497 e. The van der Waals surface area contributed by atoms with Gasteiger partial charge in [0.05, 0.1) is 34.0 Å². The number of esters is 1. The number of carboxylic acid groups (broad SMARTS) is 2. The van der Waals surface area contributed by atoms with Gasteiger partial charge in [0.2, 0.25) is 0 Å². The molecule has 0 unspecified atom stereocenters. The zero-order valence-corrected chi connectivity index (χ0v) is 18.6. The van der Waals surface area contributed by atoms with Gasteiger partial charge in [-0.15, -0.1) is 0 Å². The molecule has 0 heterocycles. The van der Waals surface area contributed by atoms with Crippen molar-refractivity contribution in [2.45, 2.75) is 5.60 Å². The number of methoxy groups -OCH3 is 4. The number of hydrogen-bond acceptors (Lipinski definition) is 8. The molecule has 0 amide bonds. The second-order valence-electron chi connectivity index (χ2n) is 6.38. The number of aliphatic carboxylic acids is 2. The molecule has 0 aromatic heterocycles. The van der Waals surface area contributed by atoms with Crippen molar-refractivity contribution in [3.63, 3.8) is 0 Å². The van der Waals surface area contributed by atoms with Crippen LogP contribution in [-0.2, 0) is 19.9 Å². The molecule has 0 spiro atoms. The molecule has 2 aromatic rings. The van der Waals surface area contributed by atoms with Crippen LogP contribution in [0.1, 0.15) is 15.9 Å². The third-order valence-electron chi connectivity index (χ3n) is 4.28. The summed E-state index contributed by atoms with van der Waals surface area (Å²) in [6.07, 6.45) is 0. The number of ether oxygens (including phenoxy) is 5. The number of benzene rings is 2. The van der Waals surface area contributed by atoms with Gasteiger partial charge in [-0.3, -0.25) is 0 Å². The Labute approximate surface area is 195 Å². The highest BCUT2D eigenvalue weighted by Gasteiger charge is 2.36. The molecule has 10 nitrogen and oxygen atoms in total. The number of hydrogen-bond donors (Lipinski definition) is 2. The molecule has 0 radical (unpaired) electrons. The van der Waals surface area contributed by atoms with E-state index in [1.165, 1.54) is 64.8 Å². The normalized spacial score (nSPS) is 9.88. The molecule has 0 aliphatic heterocycles. The molecule has 0 aliphatic rings. The second kappa shape index (κ2) is 11.2. The SMILES string of the molecule is COc1cc(OC)cc(C(=O)OC(C#CC(=O)O)(C#CC(=O)O)c2cc(OC)cc(OC)c2)c1. The van der Waals surface area contributed by atoms with E-state index in [1.807, 2.05) is 11.8 Å². The zero-order chi connectivity index (χ0) is 25.3. The van der Waals surface area contributed by atoms with Crippen LogP contribution in [0.2, 0.25) is 0 Å². The smallest absolute Gasteiger partial charge is 0.382 e. The minimum absolute atomic E-state index is 0.00517. The third-order valence-corrected chi connectivity index (χ3v) is 4.28. The van der Waals surface area contributed by atoms with Gasteiger partial charge in [-0.25, -0.2) is 14.4 Å². The van der Waals surface area contributed by atoms with Crippen molar-refractivity contribution in [1.82, 2.24) is 0 Å². The van der Waals surface area contributed by atoms with Crippen LogP contribution >= 0.6 is 0 Å². The fourth-order valence-corrected chi connectivity index (χ4v) is 2.70. The molecule has 10 heteroatoms. The summed E-state index contributed by atoms with van der Waals surface area (Å²) in [5, 5.41) is 18.3. The van der Waals surface area contributed by atoms with Crippen molar-refractivity contribution >= 4 is 17.9 Å².